The van der Waals surface area contributed by atoms with Crippen LogP contribution >= 0.6 is 0 Å². The first kappa shape index (κ1) is 12.3. The van der Waals surface area contributed by atoms with Crippen LogP contribution in [-0.2, 0) is 0 Å². The van der Waals surface area contributed by atoms with Gasteiger partial charge >= 0.3 is 105 Å². The maximum absolute atomic E-state index is 13.9. The van der Waals surface area contributed by atoms with E-state index >= 15 is 0 Å². The molecule has 0 radical (unpaired) electrons. The van der Waals surface area contributed by atoms with E-state index < -0.39 is 11.6 Å². The summed E-state index contributed by atoms with van der Waals surface area (Å²) in [4.78, 5) is 0. The minimum absolute atomic E-state index is 0.0236. The Morgan fingerprint density at radius 1 is 1.12 bits per heavy atom. The van der Waals surface area contributed by atoms with Crippen LogP contribution in [0, 0.1) is 18.6 Å². The van der Waals surface area contributed by atoms with Crippen LogP contribution in [0.15, 0.2) is 24.3 Å². The summed E-state index contributed by atoms with van der Waals surface area (Å²) in [7, 11) is 0. The van der Waals surface area contributed by atoms with Gasteiger partial charge in [-0.2, -0.15) is 0 Å². The maximum atomic E-state index is 13.9. The van der Waals surface area contributed by atoms with Crippen molar-refractivity contribution in [1.29, 1.82) is 0 Å². The van der Waals surface area contributed by atoms with Crippen LogP contribution in [0.25, 0.3) is 10.0 Å². The van der Waals surface area contributed by atoms with Crippen LogP contribution in [0.3, 0.4) is 0 Å². The Bertz CT molecular complexity index is 534. The summed E-state index contributed by atoms with van der Waals surface area (Å²) in [5.74, 6) is -1.73. The van der Waals surface area contributed by atoms with Crippen molar-refractivity contribution in [1.82, 2.24) is 0 Å². The van der Waals surface area contributed by atoms with E-state index in [4.69, 9.17) is 4.74 Å². The molecule has 0 fully saturated rings. The number of rotatable bonds is 3. The summed E-state index contributed by atoms with van der Waals surface area (Å²) in [5.41, 5.74) is 0.346. The molecule has 1 aromatic heterocycles. The normalized spacial score (nSPS) is 10.6. The number of benzene rings is 1. The van der Waals surface area contributed by atoms with Gasteiger partial charge in [0, 0.05) is 0 Å². The standard InChI is InChI=1S/C13H12F2OSe/c1-3-16-10-6-5-9(12(14)13(10)15)11-7-4-8(2)17-11/h4-7H,3H2,1-2H3. The molecule has 0 aliphatic rings. The molecule has 0 saturated heterocycles. The van der Waals surface area contributed by atoms with Gasteiger partial charge < -0.3 is 0 Å². The van der Waals surface area contributed by atoms with Gasteiger partial charge in [0.15, 0.2) is 0 Å². The van der Waals surface area contributed by atoms with Crippen LogP contribution in [0.5, 0.6) is 5.75 Å². The van der Waals surface area contributed by atoms with Crippen molar-refractivity contribution in [2.45, 2.75) is 13.8 Å². The Balaban J connectivity index is 2.47. The third-order valence-corrected chi connectivity index (χ3v) is 4.52. The molecular weight excluding hydrogens is 289 g/mol. The molecule has 4 heteroatoms. The summed E-state index contributed by atoms with van der Waals surface area (Å²) < 4.78 is 34.6. The quantitative estimate of drug-likeness (QED) is 0.790. The van der Waals surface area contributed by atoms with E-state index in [1.165, 1.54) is 10.5 Å². The van der Waals surface area contributed by atoms with Gasteiger partial charge in [-0.1, -0.05) is 0 Å². The third kappa shape index (κ3) is 2.43. The fourth-order valence-electron chi connectivity index (χ4n) is 1.57. The van der Waals surface area contributed by atoms with Crippen molar-refractivity contribution in [3.63, 3.8) is 0 Å². The first-order valence-corrected chi connectivity index (χ1v) is 7.02. The molecule has 0 atom stereocenters. The van der Waals surface area contributed by atoms with Gasteiger partial charge in [0.1, 0.15) is 0 Å². The van der Waals surface area contributed by atoms with Crippen molar-refractivity contribution in [2.24, 2.45) is 0 Å². The first-order chi connectivity index (χ1) is 8.13. The predicted molar refractivity (Wildman–Crippen MR) is 64.6 cm³/mol. The molecule has 0 bridgehead atoms. The van der Waals surface area contributed by atoms with Gasteiger partial charge in [-0.15, -0.1) is 0 Å². The van der Waals surface area contributed by atoms with Crippen molar-refractivity contribution in [2.75, 3.05) is 6.61 Å². The molecule has 1 nitrogen and oxygen atoms in total. The van der Waals surface area contributed by atoms with E-state index in [-0.39, 0.29) is 20.3 Å². The van der Waals surface area contributed by atoms with Crippen LogP contribution in [0.1, 0.15) is 11.4 Å². The first-order valence-electron chi connectivity index (χ1n) is 5.31. The molecule has 0 unspecified atom stereocenters. The fraction of sp³-hybridized carbons (Fsp3) is 0.231. The van der Waals surface area contributed by atoms with Crippen LogP contribution in [-0.4, -0.2) is 21.1 Å². The zero-order valence-corrected chi connectivity index (χ0v) is 11.3. The average Bonchev–Trinajstić information content (AvgIpc) is 2.72. The topological polar surface area (TPSA) is 9.23 Å². The zero-order valence-electron chi connectivity index (χ0n) is 9.59. The van der Waals surface area contributed by atoms with Gasteiger partial charge in [0.2, 0.25) is 0 Å². The Morgan fingerprint density at radius 2 is 1.88 bits per heavy atom. The van der Waals surface area contributed by atoms with E-state index in [2.05, 4.69) is 0 Å². The molecular formula is C13H12F2OSe. The van der Waals surface area contributed by atoms with E-state index in [9.17, 15) is 8.78 Å². The predicted octanol–water partition coefficient (Wildman–Crippen LogP) is 3.40. The van der Waals surface area contributed by atoms with Crippen molar-refractivity contribution < 1.29 is 13.5 Å². The molecule has 2 aromatic rings. The number of halogens is 2. The van der Waals surface area contributed by atoms with E-state index in [1.807, 2.05) is 19.1 Å². The van der Waals surface area contributed by atoms with Gasteiger partial charge in [-0.25, -0.2) is 0 Å². The minimum atomic E-state index is -0.898. The molecule has 0 saturated carbocycles. The van der Waals surface area contributed by atoms with Crippen LogP contribution in [0.2, 0.25) is 0 Å². The monoisotopic (exact) mass is 302 g/mol. The molecule has 0 amide bonds. The molecule has 90 valence electrons. The molecule has 0 spiro atoms. The van der Waals surface area contributed by atoms with Gasteiger partial charge in [0.25, 0.3) is 0 Å². The summed E-state index contributed by atoms with van der Waals surface area (Å²) in [6.07, 6.45) is 0. The van der Waals surface area contributed by atoms with Crippen LogP contribution < -0.4 is 4.74 Å². The summed E-state index contributed by atoms with van der Waals surface area (Å²) in [5, 5.41) is 0. The number of hydrogen-bond acceptors (Lipinski definition) is 1. The second-order valence-electron chi connectivity index (χ2n) is 3.58. The second kappa shape index (κ2) is 5.03. The number of aryl methyl sites for hydroxylation is 1. The van der Waals surface area contributed by atoms with Gasteiger partial charge in [0.05, 0.1) is 0 Å². The Kier molecular flexibility index (Phi) is 3.65. The number of hydrogen-bond donors (Lipinski definition) is 0. The van der Waals surface area contributed by atoms with E-state index in [0.717, 1.165) is 4.44 Å². The fourth-order valence-corrected chi connectivity index (χ4v) is 3.43. The number of ether oxygens (including phenoxy) is 1. The van der Waals surface area contributed by atoms with E-state index in [0.29, 0.717) is 12.2 Å². The average molecular weight is 301 g/mol. The molecule has 1 aromatic carbocycles. The molecule has 17 heavy (non-hydrogen) atoms. The SMILES string of the molecule is CCOc1ccc(-c2ccc(C)[se]2)c(F)c1F. The summed E-state index contributed by atoms with van der Waals surface area (Å²) in [6.45, 7) is 4.05. The van der Waals surface area contributed by atoms with Gasteiger partial charge in [-0.05, 0) is 0 Å². The third-order valence-electron chi connectivity index (χ3n) is 2.35. The second-order valence-corrected chi connectivity index (χ2v) is 6.28. The molecule has 0 N–H and O–H groups in total. The van der Waals surface area contributed by atoms with E-state index in [1.54, 1.807) is 13.0 Å². The molecule has 2 rings (SSSR count). The zero-order chi connectivity index (χ0) is 12.4. The molecule has 0 aliphatic heterocycles. The Hall–Kier alpha value is -1.12. The van der Waals surface area contributed by atoms with Crippen molar-refractivity contribution in [3.05, 3.63) is 40.3 Å². The summed E-state index contributed by atoms with van der Waals surface area (Å²) >= 11 is 0.0976. The van der Waals surface area contributed by atoms with Crippen molar-refractivity contribution in [3.8, 4) is 15.8 Å². The molecule has 1 heterocycles. The van der Waals surface area contributed by atoms with Gasteiger partial charge in [-0.3, -0.25) is 0 Å². The molecule has 0 aliphatic carbocycles. The summed E-state index contributed by atoms with van der Waals surface area (Å²) in [6, 6.07) is 6.88. The Labute approximate surface area is 105 Å². The Morgan fingerprint density at radius 3 is 2.47 bits per heavy atom. The van der Waals surface area contributed by atoms with Crippen molar-refractivity contribution >= 4 is 14.5 Å². The van der Waals surface area contributed by atoms with Crippen LogP contribution in [0.4, 0.5) is 8.78 Å².